The Bertz CT molecular complexity index is 1430. The zero-order valence-corrected chi connectivity index (χ0v) is 23.2. The molecule has 0 N–H and O–H groups in total. The zero-order chi connectivity index (χ0) is 27.4. The highest BCUT2D eigenvalue weighted by Crippen LogP contribution is 2.60. The van der Waals surface area contributed by atoms with E-state index in [2.05, 4.69) is 14.9 Å². The maximum atomic E-state index is 14.4. The molecule has 5 fully saturated rings. The van der Waals surface area contributed by atoms with Gasteiger partial charge in [0.05, 0.1) is 18.4 Å². The van der Waals surface area contributed by atoms with Gasteiger partial charge in [-0.3, -0.25) is 4.90 Å². The summed E-state index contributed by atoms with van der Waals surface area (Å²) in [7, 11) is 0. The minimum atomic E-state index is -0.655. The summed E-state index contributed by atoms with van der Waals surface area (Å²) in [5.74, 6) is 1.40. The molecule has 1 aliphatic heterocycles. The van der Waals surface area contributed by atoms with Crippen molar-refractivity contribution in [3.05, 3.63) is 76.1 Å². The number of piperazine rings is 1. The lowest BCUT2D eigenvalue weighted by Crippen LogP contribution is -2.49. The molecule has 0 radical (unpaired) electrons. The Hall–Kier alpha value is -2.98. The quantitative estimate of drug-likeness (QED) is 0.273. The Morgan fingerprint density at radius 2 is 1.48 bits per heavy atom. The van der Waals surface area contributed by atoms with Crippen LogP contribution >= 0.6 is 12.2 Å². The first kappa shape index (κ1) is 26.0. The van der Waals surface area contributed by atoms with Crippen molar-refractivity contribution in [3.8, 4) is 0 Å². The van der Waals surface area contributed by atoms with Gasteiger partial charge < -0.3 is 4.90 Å². The van der Waals surface area contributed by atoms with E-state index in [1.807, 2.05) is 16.8 Å². The number of hydrogen-bond acceptors (Lipinski definition) is 5. The number of nitrogens with zero attached hydrogens (tertiary/aromatic N) is 6. The number of anilines is 1. The molecule has 6 nitrogen and oxygen atoms in total. The van der Waals surface area contributed by atoms with Gasteiger partial charge in [0.2, 0.25) is 4.77 Å². The molecular formula is C30H33F3N6S. The molecule has 40 heavy (non-hydrogen) atoms. The van der Waals surface area contributed by atoms with E-state index in [9.17, 15) is 13.2 Å². The predicted molar refractivity (Wildman–Crippen MR) is 150 cm³/mol. The SMILES string of the molecule is Fc1ccc(N2CCN(Cn3nc(C45CC6CC(CC(C6)C4)C5)n(/N=C/c4c(F)cccc4F)c3=S)CC2)cc1. The molecular weight excluding hydrogens is 533 g/mol. The summed E-state index contributed by atoms with van der Waals surface area (Å²) in [4.78, 5) is 4.55. The molecule has 0 amide bonds. The zero-order valence-electron chi connectivity index (χ0n) is 22.4. The molecule has 2 aromatic carbocycles. The monoisotopic (exact) mass is 566 g/mol. The smallest absolute Gasteiger partial charge is 0.220 e. The Morgan fingerprint density at radius 3 is 2.08 bits per heavy atom. The average Bonchev–Trinajstić information content (AvgIpc) is 3.24. The van der Waals surface area contributed by atoms with Gasteiger partial charge in [-0.25, -0.2) is 17.9 Å². The topological polar surface area (TPSA) is 41.6 Å². The summed E-state index contributed by atoms with van der Waals surface area (Å²) in [6.07, 6.45) is 8.35. The minimum Gasteiger partial charge on any atom is -0.369 e. The third kappa shape index (κ3) is 4.68. The molecule has 0 spiro atoms. The second-order valence-corrected chi connectivity index (χ2v) is 12.6. The lowest BCUT2D eigenvalue weighted by Gasteiger charge is -2.55. The summed E-state index contributed by atoms with van der Waals surface area (Å²) in [6, 6.07) is 10.4. The Balaban J connectivity index is 1.18. The van der Waals surface area contributed by atoms with Gasteiger partial charge in [0.15, 0.2) is 5.82 Å². The molecule has 3 aromatic rings. The van der Waals surface area contributed by atoms with Crippen molar-refractivity contribution < 1.29 is 13.2 Å². The summed E-state index contributed by atoms with van der Waals surface area (Å²) >= 11 is 5.92. The highest BCUT2D eigenvalue weighted by atomic mass is 32.1. The predicted octanol–water partition coefficient (Wildman–Crippen LogP) is 5.96. The fourth-order valence-corrected chi connectivity index (χ4v) is 8.28. The first-order valence-electron chi connectivity index (χ1n) is 14.3. The van der Waals surface area contributed by atoms with Crippen molar-refractivity contribution in [1.29, 1.82) is 0 Å². The highest BCUT2D eigenvalue weighted by Gasteiger charge is 2.54. The molecule has 4 saturated carbocycles. The van der Waals surface area contributed by atoms with Crippen LogP contribution in [-0.4, -0.2) is 51.8 Å². The molecule has 210 valence electrons. The summed E-state index contributed by atoms with van der Waals surface area (Å²) < 4.78 is 46.2. The van der Waals surface area contributed by atoms with Gasteiger partial charge in [-0.1, -0.05) is 6.07 Å². The van der Waals surface area contributed by atoms with E-state index in [0.717, 1.165) is 57.0 Å². The van der Waals surface area contributed by atoms with Crippen molar-refractivity contribution in [3.63, 3.8) is 0 Å². The van der Waals surface area contributed by atoms with E-state index in [1.165, 1.54) is 55.8 Å². The van der Waals surface area contributed by atoms with Gasteiger partial charge in [0.1, 0.15) is 17.5 Å². The number of hydrogen-bond donors (Lipinski definition) is 0. The van der Waals surface area contributed by atoms with Crippen molar-refractivity contribution in [1.82, 2.24) is 19.4 Å². The van der Waals surface area contributed by atoms with E-state index >= 15 is 0 Å². The second-order valence-electron chi connectivity index (χ2n) is 12.2. The van der Waals surface area contributed by atoms with Gasteiger partial charge in [0, 0.05) is 37.3 Å². The van der Waals surface area contributed by atoms with Crippen LogP contribution in [0, 0.1) is 40.0 Å². The average molecular weight is 567 g/mol. The maximum Gasteiger partial charge on any atom is 0.220 e. The van der Waals surface area contributed by atoms with E-state index in [4.69, 9.17) is 17.3 Å². The molecule has 5 aliphatic rings. The molecule has 4 aliphatic carbocycles. The molecule has 2 heterocycles. The molecule has 4 bridgehead atoms. The molecule has 8 rings (SSSR count). The van der Waals surface area contributed by atoms with Crippen molar-refractivity contribution >= 4 is 24.1 Å². The lowest BCUT2D eigenvalue weighted by molar-refractivity contribution is -0.0112. The van der Waals surface area contributed by atoms with Gasteiger partial charge in [-0.15, -0.1) is 0 Å². The standard InChI is InChI=1S/C30H33F3N6S/c31-23-4-6-24(7-5-23)37-10-8-36(9-11-37)19-38-29(40)39(34-18-25-26(32)2-1-3-27(25)33)28(35-38)30-15-20-12-21(16-30)14-22(13-20)17-30/h1-7,18,20-22H,8-17,19H2/b34-18+. The summed E-state index contributed by atoms with van der Waals surface area (Å²) in [5.41, 5.74) is 0.742. The van der Waals surface area contributed by atoms with E-state index in [-0.39, 0.29) is 16.8 Å². The number of benzene rings is 2. The molecule has 1 aromatic heterocycles. The normalized spacial score (nSPS) is 28.2. The number of rotatable bonds is 6. The third-order valence-corrected chi connectivity index (χ3v) is 9.91. The Labute approximate surface area is 237 Å². The fraction of sp³-hybridized carbons (Fsp3) is 0.500. The van der Waals surface area contributed by atoms with Crippen LogP contribution in [-0.2, 0) is 12.1 Å². The second kappa shape index (κ2) is 10.1. The first-order chi connectivity index (χ1) is 19.4. The van der Waals surface area contributed by atoms with Gasteiger partial charge in [-0.05, 0) is 105 Å². The lowest BCUT2D eigenvalue weighted by atomic mass is 9.49. The molecule has 0 unspecified atom stereocenters. The third-order valence-electron chi connectivity index (χ3n) is 9.53. The van der Waals surface area contributed by atoms with Gasteiger partial charge in [-0.2, -0.15) is 14.9 Å². The van der Waals surface area contributed by atoms with Crippen LogP contribution in [0.25, 0.3) is 0 Å². The Kier molecular flexibility index (Phi) is 6.58. The number of aromatic nitrogens is 3. The van der Waals surface area contributed by atoms with Crippen LogP contribution < -0.4 is 4.90 Å². The molecule has 10 heteroatoms. The first-order valence-corrected chi connectivity index (χ1v) is 14.7. The van der Waals surface area contributed by atoms with Gasteiger partial charge in [0.25, 0.3) is 0 Å². The van der Waals surface area contributed by atoms with Crippen LogP contribution in [0.2, 0.25) is 0 Å². The van der Waals surface area contributed by atoms with Crippen LogP contribution in [0.3, 0.4) is 0 Å². The maximum absolute atomic E-state index is 14.4. The fourth-order valence-electron chi connectivity index (χ4n) is 8.05. The number of halogens is 3. The van der Waals surface area contributed by atoms with E-state index in [0.29, 0.717) is 29.2 Å². The molecule has 1 saturated heterocycles. The van der Waals surface area contributed by atoms with E-state index < -0.39 is 11.6 Å². The van der Waals surface area contributed by atoms with Gasteiger partial charge >= 0.3 is 0 Å². The van der Waals surface area contributed by atoms with Crippen LogP contribution in [0.15, 0.2) is 47.6 Å². The Morgan fingerprint density at radius 1 is 0.875 bits per heavy atom. The minimum absolute atomic E-state index is 0.0973. The van der Waals surface area contributed by atoms with E-state index in [1.54, 1.807) is 4.68 Å². The largest absolute Gasteiger partial charge is 0.369 e. The van der Waals surface area contributed by atoms with Crippen LogP contribution in [0.4, 0.5) is 18.9 Å². The van der Waals surface area contributed by atoms with Crippen molar-refractivity contribution in [2.24, 2.45) is 22.9 Å². The van der Waals surface area contributed by atoms with Crippen molar-refractivity contribution in [2.45, 2.75) is 50.6 Å². The highest BCUT2D eigenvalue weighted by molar-refractivity contribution is 7.71. The molecule has 0 atom stereocenters. The van der Waals surface area contributed by atoms with Crippen LogP contribution in [0.5, 0.6) is 0 Å². The summed E-state index contributed by atoms with van der Waals surface area (Å²) in [6.45, 7) is 3.76. The van der Waals surface area contributed by atoms with Crippen molar-refractivity contribution in [2.75, 3.05) is 31.1 Å². The summed E-state index contributed by atoms with van der Waals surface area (Å²) in [5, 5.41) is 9.71. The van der Waals surface area contributed by atoms with Crippen LogP contribution in [0.1, 0.15) is 49.9 Å².